The van der Waals surface area contributed by atoms with E-state index in [1.54, 1.807) is 30.6 Å². The van der Waals surface area contributed by atoms with Gasteiger partial charge in [-0.25, -0.2) is 15.0 Å². The predicted molar refractivity (Wildman–Crippen MR) is 86.6 cm³/mol. The van der Waals surface area contributed by atoms with Crippen LogP contribution in [0.25, 0.3) is 11.5 Å². The van der Waals surface area contributed by atoms with E-state index >= 15 is 0 Å². The number of nitrogens with zero attached hydrogens (tertiary/aromatic N) is 4. The van der Waals surface area contributed by atoms with Crippen LogP contribution in [0.2, 0.25) is 0 Å². The van der Waals surface area contributed by atoms with E-state index in [0.717, 1.165) is 5.56 Å². The van der Waals surface area contributed by atoms with Gasteiger partial charge in [0.1, 0.15) is 22.9 Å². The molecule has 3 heterocycles. The predicted octanol–water partition coefficient (Wildman–Crippen LogP) is 2.08. The molecule has 0 aliphatic heterocycles. The zero-order valence-corrected chi connectivity index (χ0v) is 12.4. The number of aromatic nitrogens is 4. The minimum Gasteiger partial charge on any atom is -0.383 e. The Morgan fingerprint density at radius 3 is 2.61 bits per heavy atom. The van der Waals surface area contributed by atoms with Gasteiger partial charge in [0.15, 0.2) is 5.82 Å². The summed E-state index contributed by atoms with van der Waals surface area (Å²) in [6.07, 6.45) is 4.63. The molecule has 0 atom stereocenters. The first-order valence-corrected chi connectivity index (χ1v) is 6.92. The van der Waals surface area contributed by atoms with Crippen LogP contribution in [-0.4, -0.2) is 25.8 Å². The number of rotatable bonds is 3. The van der Waals surface area contributed by atoms with E-state index in [1.165, 1.54) is 6.20 Å². The van der Waals surface area contributed by atoms with Crippen LogP contribution in [0.3, 0.4) is 0 Å². The Morgan fingerprint density at radius 2 is 1.91 bits per heavy atom. The molecule has 1 amide bonds. The lowest BCUT2D eigenvalue weighted by Gasteiger charge is -2.08. The van der Waals surface area contributed by atoms with Gasteiger partial charge in [-0.05, 0) is 30.7 Å². The number of nitrogens with two attached hydrogens (primary N) is 1. The largest absolute Gasteiger partial charge is 0.383 e. The Labute approximate surface area is 132 Å². The molecule has 3 aromatic rings. The van der Waals surface area contributed by atoms with Crippen molar-refractivity contribution in [2.45, 2.75) is 6.92 Å². The van der Waals surface area contributed by atoms with Crippen molar-refractivity contribution in [3.05, 3.63) is 60.0 Å². The van der Waals surface area contributed by atoms with E-state index in [0.29, 0.717) is 17.3 Å². The molecule has 0 saturated carbocycles. The highest BCUT2D eigenvalue weighted by Gasteiger charge is 2.15. The van der Waals surface area contributed by atoms with Crippen LogP contribution in [0, 0.1) is 6.92 Å². The van der Waals surface area contributed by atoms with E-state index in [9.17, 15) is 4.79 Å². The van der Waals surface area contributed by atoms with Crippen LogP contribution < -0.4 is 11.1 Å². The van der Waals surface area contributed by atoms with Crippen LogP contribution in [0.5, 0.6) is 0 Å². The maximum Gasteiger partial charge on any atom is 0.262 e. The Morgan fingerprint density at radius 1 is 1.09 bits per heavy atom. The van der Waals surface area contributed by atoms with Gasteiger partial charge in [-0.15, -0.1) is 0 Å². The first kappa shape index (κ1) is 14.6. The summed E-state index contributed by atoms with van der Waals surface area (Å²) < 4.78 is 0. The SMILES string of the molecule is Cc1cccnc1NC(=O)c1cnc(-c2ccccn2)nc1N. The van der Waals surface area contributed by atoms with E-state index in [2.05, 4.69) is 25.3 Å². The number of carbonyl (C=O) groups excluding carboxylic acids is 1. The molecule has 0 fully saturated rings. The number of pyridine rings is 2. The minimum atomic E-state index is -0.406. The summed E-state index contributed by atoms with van der Waals surface area (Å²) in [5.74, 6) is 0.531. The second-order valence-corrected chi connectivity index (χ2v) is 4.83. The number of hydrogen-bond acceptors (Lipinski definition) is 6. The molecule has 0 aliphatic rings. The molecule has 0 aliphatic carbocycles. The maximum absolute atomic E-state index is 12.3. The van der Waals surface area contributed by atoms with Crippen molar-refractivity contribution < 1.29 is 4.79 Å². The number of aryl methyl sites for hydroxylation is 1. The Balaban J connectivity index is 1.86. The van der Waals surface area contributed by atoms with Crippen molar-refractivity contribution >= 4 is 17.5 Å². The lowest BCUT2D eigenvalue weighted by molar-refractivity contribution is 0.102. The summed E-state index contributed by atoms with van der Waals surface area (Å²) in [7, 11) is 0. The third-order valence-corrected chi connectivity index (χ3v) is 3.20. The molecule has 0 saturated heterocycles. The van der Waals surface area contributed by atoms with E-state index in [4.69, 9.17) is 5.73 Å². The molecule has 114 valence electrons. The Kier molecular flexibility index (Phi) is 3.92. The summed E-state index contributed by atoms with van der Waals surface area (Å²) in [6, 6.07) is 9.04. The molecule has 0 spiro atoms. The fourth-order valence-corrected chi connectivity index (χ4v) is 1.98. The molecule has 3 aromatic heterocycles. The van der Waals surface area contributed by atoms with Crippen molar-refractivity contribution in [2.75, 3.05) is 11.1 Å². The van der Waals surface area contributed by atoms with Gasteiger partial charge in [-0.1, -0.05) is 12.1 Å². The molecule has 3 N–H and O–H groups in total. The van der Waals surface area contributed by atoms with E-state index in [1.807, 2.05) is 19.1 Å². The molecule has 7 nitrogen and oxygen atoms in total. The van der Waals surface area contributed by atoms with Crippen molar-refractivity contribution in [2.24, 2.45) is 0 Å². The topological polar surface area (TPSA) is 107 Å². The number of amides is 1. The van der Waals surface area contributed by atoms with Gasteiger partial charge in [0.05, 0.1) is 0 Å². The maximum atomic E-state index is 12.3. The van der Waals surface area contributed by atoms with Gasteiger partial charge < -0.3 is 11.1 Å². The first-order valence-electron chi connectivity index (χ1n) is 6.92. The molecule has 23 heavy (non-hydrogen) atoms. The van der Waals surface area contributed by atoms with Crippen molar-refractivity contribution in [1.29, 1.82) is 0 Å². The van der Waals surface area contributed by atoms with E-state index < -0.39 is 5.91 Å². The number of nitrogen functional groups attached to an aromatic ring is 1. The third-order valence-electron chi connectivity index (χ3n) is 3.20. The molecular formula is C16H14N6O. The standard InChI is InChI=1S/C16H14N6O/c1-10-5-4-8-19-14(10)22-16(23)11-9-20-15(21-13(11)17)12-6-2-3-7-18-12/h2-9H,1H3,(H2,17,20,21)(H,19,22,23). The van der Waals surface area contributed by atoms with Gasteiger partial charge in [0.2, 0.25) is 0 Å². The number of carbonyl (C=O) groups is 1. The average molecular weight is 306 g/mol. The molecule has 0 radical (unpaired) electrons. The fraction of sp³-hybridized carbons (Fsp3) is 0.0625. The lowest BCUT2D eigenvalue weighted by atomic mass is 10.2. The summed E-state index contributed by atoms with van der Waals surface area (Å²) in [5, 5.41) is 2.70. The van der Waals surface area contributed by atoms with Gasteiger partial charge in [-0.3, -0.25) is 9.78 Å². The molecular weight excluding hydrogens is 292 g/mol. The lowest BCUT2D eigenvalue weighted by Crippen LogP contribution is -2.17. The number of hydrogen-bond donors (Lipinski definition) is 2. The van der Waals surface area contributed by atoms with Crippen molar-refractivity contribution in [3.63, 3.8) is 0 Å². The highest BCUT2D eigenvalue weighted by molar-refractivity contribution is 6.06. The van der Waals surface area contributed by atoms with Gasteiger partial charge in [-0.2, -0.15) is 0 Å². The summed E-state index contributed by atoms with van der Waals surface area (Å²) in [6.45, 7) is 1.85. The van der Waals surface area contributed by atoms with Crippen LogP contribution in [0.4, 0.5) is 11.6 Å². The minimum absolute atomic E-state index is 0.0896. The van der Waals surface area contributed by atoms with Crippen LogP contribution in [0.15, 0.2) is 48.9 Å². The van der Waals surface area contributed by atoms with Gasteiger partial charge >= 0.3 is 0 Å². The fourth-order valence-electron chi connectivity index (χ4n) is 1.98. The summed E-state index contributed by atoms with van der Waals surface area (Å²) in [5.41, 5.74) is 7.52. The second kappa shape index (κ2) is 6.18. The van der Waals surface area contributed by atoms with E-state index in [-0.39, 0.29) is 11.4 Å². The zero-order chi connectivity index (χ0) is 16.2. The van der Waals surface area contributed by atoms with Crippen LogP contribution in [0.1, 0.15) is 15.9 Å². The summed E-state index contributed by atoms with van der Waals surface area (Å²) >= 11 is 0. The molecule has 0 bridgehead atoms. The van der Waals surface area contributed by atoms with Gasteiger partial charge in [0, 0.05) is 18.6 Å². The highest BCUT2D eigenvalue weighted by atomic mass is 16.1. The molecule has 7 heteroatoms. The molecule has 0 unspecified atom stereocenters. The van der Waals surface area contributed by atoms with Crippen LogP contribution in [-0.2, 0) is 0 Å². The average Bonchev–Trinajstić information content (AvgIpc) is 2.57. The zero-order valence-electron chi connectivity index (χ0n) is 12.4. The van der Waals surface area contributed by atoms with Crippen LogP contribution >= 0.6 is 0 Å². The number of nitrogens with one attached hydrogen (secondary N) is 1. The molecule has 0 aromatic carbocycles. The van der Waals surface area contributed by atoms with Gasteiger partial charge in [0.25, 0.3) is 5.91 Å². The quantitative estimate of drug-likeness (QED) is 0.767. The monoisotopic (exact) mass is 306 g/mol. The summed E-state index contributed by atoms with van der Waals surface area (Å²) in [4.78, 5) is 28.9. The highest BCUT2D eigenvalue weighted by Crippen LogP contribution is 2.17. The normalized spacial score (nSPS) is 10.3. The third kappa shape index (κ3) is 3.13. The first-order chi connectivity index (χ1) is 11.1. The smallest absolute Gasteiger partial charge is 0.262 e. The Bertz CT molecular complexity index is 850. The van der Waals surface area contributed by atoms with Crippen molar-refractivity contribution in [3.8, 4) is 11.5 Å². The second-order valence-electron chi connectivity index (χ2n) is 4.83. The number of anilines is 2. The Hall–Kier alpha value is -3.35. The molecule has 3 rings (SSSR count). The van der Waals surface area contributed by atoms with Crippen molar-refractivity contribution in [1.82, 2.24) is 19.9 Å².